The molecule has 1 amide bonds. The topological polar surface area (TPSA) is 71.3 Å². The van der Waals surface area contributed by atoms with Crippen molar-refractivity contribution in [3.63, 3.8) is 0 Å². The van der Waals surface area contributed by atoms with Crippen molar-refractivity contribution in [2.75, 3.05) is 12.4 Å². The number of rotatable bonds is 7. The zero-order valence-corrected chi connectivity index (χ0v) is 20.6. The van der Waals surface area contributed by atoms with Gasteiger partial charge in [0.2, 0.25) is 0 Å². The maximum atomic E-state index is 13.1. The predicted molar refractivity (Wildman–Crippen MR) is 135 cm³/mol. The van der Waals surface area contributed by atoms with E-state index < -0.39 is 5.91 Å². The number of carbonyl (C=O) groups is 1. The molecule has 0 aliphatic rings. The van der Waals surface area contributed by atoms with E-state index in [4.69, 9.17) is 9.47 Å². The summed E-state index contributed by atoms with van der Waals surface area (Å²) in [5, 5.41) is 12.4. The summed E-state index contributed by atoms with van der Waals surface area (Å²) in [5.74, 6) is 0.187. The van der Waals surface area contributed by atoms with Crippen LogP contribution in [0.2, 0.25) is 0 Å². The first-order valence-electron chi connectivity index (χ1n) is 10.1. The summed E-state index contributed by atoms with van der Waals surface area (Å²) in [4.78, 5) is 12.7. The van der Waals surface area contributed by atoms with Gasteiger partial charge < -0.3 is 14.8 Å². The molecule has 0 aromatic heterocycles. The Morgan fingerprint density at radius 2 is 1.88 bits per heavy atom. The minimum absolute atomic E-state index is 0.0344. The van der Waals surface area contributed by atoms with E-state index in [9.17, 15) is 14.4 Å². The van der Waals surface area contributed by atoms with Crippen molar-refractivity contribution >= 4 is 40.3 Å². The summed E-state index contributed by atoms with van der Waals surface area (Å²) < 4.78 is 25.2. The highest BCUT2D eigenvalue weighted by atomic mass is 127. The lowest BCUT2D eigenvalue weighted by Gasteiger charge is -2.14. The van der Waals surface area contributed by atoms with Gasteiger partial charge in [-0.2, -0.15) is 5.26 Å². The average Bonchev–Trinajstić information content (AvgIpc) is 2.79. The van der Waals surface area contributed by atoms with Crippen LogP contribution in [0, 0.1) is 34.6 Å². The fourth-order valence-corrected chi connectivity index (χ4v) is 3.94. The van der Waals surface area contributed by atoms with E-state index in [-0.39, 0.29) is 18.0 Å². The standard InChI is InChI=1S/C26H22FIN2O3/c1-16-4-9-23(17(2)10-16)30-26(31)20(14-29)11-19-12-22(28)25(24(13-19)32-3)33-15-18-5-7-21(27)8-6-18/h4-13H,15H2,1-3H3,(H,30,31)/b20-11+. The molecule has 0 atom stereocenters. The van der Waals surface area contributed by atoms with Crippen molar-refractivity contribution in [1.82, 2.24) is 0 Å². The minimum Gasteiger partial charge on any atom is -0.493 e. The molecule has 0 radical (unpaired) electrons. The summed E-state index contributed by atoms with van der Waals surface area (Å²) >= 11 is 2.11. The second kappa shape index (κ2) is 11.0. The number of nitrogens with zero attached hydrogens (tertiary/aromatic N) is 1. The summed E-state index contributed by atoms with van der Waals surface area (Å²) in [5.41, 5.74) is 4.06. The summed E-state index contributed by atoms with van der Waals surface area (Å²) in [6, 6.07) is 17.2. The molecule has 33 heavy (non-hydrogen) atoms. The van der Waals surface area contributed by atoms with Crippen LogP contribution in [0.5, 0.6) is 11.5 Å². The Bertz CT molecular complexity index is 1250. The number of hydrogen-bond donors (Lipinski definition) is 1. The lowest BCUT2D eigenvalue weighted by atomic mass is 10.1. The molecule has 0 aliphatic carbocycles. The van der Waals surface area contributed by atoms with Gasteiger partial charge in [-0.1, -0.05) is 29.8 Å². The molecule has 0 fully saturated rings. The zero-order valence-electron chi connectivity index (χ0n) is 18.4. The van der Waals surface area contributed by atoms with E-state index in [0.717, 1.165) is 20.3 Å². The summed E-state index contributed by atoms with van der Waals surface area (Å²) in [6.07, 6.45) is 1.51. The molecule has 0 unspecified atom stereocenters. The minimum atomic E-state index is -0.491. The molecule has 5 nitrogen and oxygen atoms in total. The van der Waals surface area contributed by atoms with Crippen molar-refractivity contribution in [3.8, 4) is 17.6 Å². The molecule has 3 aromatic rings. The Morgan fingerprint density at radius 3 is 2.52 bits per heavy atom. The Balaban J connectivity index is 1.82. The predicted octanol–water partition coefficient (Wildman–Crippen LogP) is 6.18. The zero-order chi connectivity index (χ0) is 24.0. The second-order valence-electron chi connectivity index (χ2n) is 7.39. The first kappa shape index (κ1) is 24.3. The number of hydrogen-bond acceptors (Lipinski definition) is 4. The van der Waals surface area contributed by atoms with Crippen LogP contribution < -0.4 is 14.8 Å². The van der Waals surface area contributed by atoms with E-state index in [0.29, 0.717) is 22.7 Å². The molecule has 0 heterocycles. The number of halogens is 2. The van der Waals surface area contributed by atoms with Gasteiger partial charge in [-0.05, 0) is 89.5 Å². The molecule has 3 aromatic carbocycles. The van der Waals surface area contributed by atoms with Crippen LogP contribution >= 0.6 is 22.6 Å². The SMILES string of the molecule is COc1cc(/C=C(\C#N)C(=O)Nc2ccc(C)cc2C)cc(I)c1OCc1ccc(F)cc1. The molecule has 0 spiro atoms. The lowest BCUT2D eigenvalue weighted by molar-refractivity contribution is -0.112. The number of amides is 1. The van der Waals surface area contributed by atoms with Crippen LogP contribution in [-0.2, 0) is 11.4 Å². The number of ether oxygens (including phenoxy) is 2. The molecular weight excluding hydrogens is 534 g/mol. The Labute approximate surface area is 206 Å². The van der Waals surface area contributed by atoms with Gasteiger partial charge in [-0.3, -0.25) is 4.79 Å². The number of anilines is 1. The van der Waals surface area contributed by atoms with Crippen LogP contribution in [0.1, 0.15) is 22.3 Å². The van der Waals surface area contributed by atoms with E-state index >= 15 is 0 Å². The molecule has 0 aliphatic heterocycles. The average molecular weight is 556 g/mol. The van der Waals surface area contributed by atoms with E-state index in [1.807, 2.05) is 38.1 Å². The van der Waals surface area contributed by atoms with Crippen LogP contribution in [0.25, 0.3) is 6.08 Å². The molecule has 0 saturated heterocycles. The van der Waals surface area contributed by atoms with Crippen molar-refractivity contribution in [2.45, 2.75) is 20.5 Å². The fourth-order valence-electron chi connectivity index (χ4n) is 3.16. The maximum absolute atomic E-state index is 13.1. The van der Waals surface area contributed by atoms with Crippen molar-refractivity contribution in [1.29, 1.82) is 5.26 Å². The van der Waals surface area contributed by atoms with Gasteiger partial charge in [0.1, 0.15) is 24.1 Å². The molecule has 7 heteroatoms. The Morgan fingerprint density at radius 1 is 1.15 bits per heavy atom. The van der Waals surface area contributed by atoms with Crippen LogP contribution in [0.4, 0.5) is 10.1 Å². The number of aryl methyl sites for hydroxylation is 2. The number of carbonyl (C=O) groups excluding carboxylic acids is 1. The first-order chi connectivity index (χ1) is 15.8. The van der Waals surface area contributed by atoms with E-state index in [2.05, 4.69) is 27.9 Å². The third kappa shape index (κ3) is 6.33. The maximum Gasteiger partial charge on any atom is 0.266 e. The lowest BCUT2D eigenvalue weighted by Crippen LogP contribution is -2.14. The van der Waals surface area contributed by atoms with Gasteiger partial charge >= 0.3 is 0 Å². The Hall–Kier alpha value is -3.38. The fraction of sp³-hybridized carbons (Fsp3) is 0.154. The van der Waals surface area contributed by atoms with E-state index in [1.54, 1.807) is 24.3 Å². The third-order valence-electron chi connectivity index (χ3n) is 4.85. The quantitative estimate of drug-likeness (QED) is 0.214. The van der Waals surface area contributed by atoms with Crippen LogP contribution in [0.15, 0.2) is 60.2 Å². The van der Waals surface area contributed by atoms with Gasteiger partial charge in [0.15, 0.2) is 11.5 Å². The van der Waals surface area contributed by atoms with E-state index in [1.165, 1.54) is 25.3 Å². The van der Waals surface area contributed by atoms with Crippen molar-refractivity contribution in [3.05, 3.63) is 91.8 Å². The number of nitrogens with one attached hydrogen (secondary N) is 1. The number of benzene rings is 3. The smallest absolute Gasteiger partial charge is 0.266 e. The molecule has 1 N–H and O–H groups in total. The second-order valence-corrected chi connectivity index (χ2v) is 8.55. The molecule has 0 saturated carbocycles. The van der Waals surface area contributed by atoms with Crippen LogP contribution in [0.3, 0.4) is 0 Å². The normalized spacial score (nSPS) is 11.0. The highest BCUT2D eigenvalue weighted by Gasteiger charge is 2.15. The molecular formula is C26H22FIN2O3. The largest absolute Gasteiger partial charge is 0.493 e. The van der Waals surface area contributed by atoms with Crippen LogP contribution in [-0.4, -0.2) is 13.0 Å². The van der Waals surface area contributed by atoms with Gasteiger partial charge in [0.25, 0.3) is 5.91 Å². The third-order valence-corrected chi connectivity index (χ3v) is 5.66. The van der Waals surface area contributed by atoms with Crippen molar-refractivity contribution < 1.29 is 18.7 Å². The molecule has 3 rings (SSSR count). The highest BCUT2D eigenvalue weighted by Crippen LogP contribution is 2.35. The van der Waals surface area contributed by atoms with Gasteiger partial charge in [-0.15, -0.1) is 0 Å². The van der Waals surface area contributed by atoms with Gasteiger partial charge in [0.05, 0.1) is 10.7 Å². The first-order valence-corrected chi connectivity index (χ1v) is 11.1. The number of nitriles is 1. The van der Waals surface area contributed by atoms with Gasteiger partial charge in [0, 0.05) is 5.69 Å². The highest BCUT2D eigenvalue weighted by molar-refractivity contribution is 14.1. The van der Waals surface area contributed by atoms with Gasteiger partial charge in [-0.25, -0.2) is 4.39 Å². The Kier molecular flexibility index (Phi) is 8.06. The van der Waals surface area contributed by atoms with Crippen molar-refractivity contribution in [2.24, 2.45) is 0 Å². The molecule has 0 bridgehead atoms. The monoisotopic (exact) mass is 556 g/mol. The number of methoxy groups -OCH3 is 1. The molecule has 168 valence electrons. The summed E-state index contributed by atoms with van der Waals surface area (Å²) in [7, 11) is 1.52. The summed E-state index contributed by atoms with van der Waals surface area (Å²) in [6.45, 7) is 4.11.